The van der Waals surface area contributed by atoms with Gasteiger partial charge in [0.2, 0.25) is 5.91 Å². The standard InChI is InChI=1S/C18H18N2O4/c1-13(21)19-20-16(22)12-24-18(23)17(14-8-4-2-5-9-14)15-10-6-3-7-11-15/h2-11,17H,12H2,1H3,(H,19,21)(H,20,22). The maximum atomic E-state index is 12.5. The molecule has 0 saturated heterocycles. The Kier molecular flexibility index (Phi) is 6.08. The van der Waals surface area contributed by atoms with Gasteiger partial charge in [-0.05, 0) is 11.1 Å². The van der Waals surface area contributed by atoms with Crippen LogP contribution in [0.5, 0.6) is 0 Å². The first kappa shape index (κ1) is 17.2. The van der Waals surface area contributed by atoms with Crippen molar-refractivity contribution in [3.63, 3.8) is 0 Å². The minimum Gasteiger partial charge on any atom is -0.455 e. The lowest BCUT2D eigenvalue weighted by atomic mass is 9.91. The van der Waals surface area contributed by atoms with Crippen LogP contribution in [0.2, 0.25) is 0 Å². The second-order valence-corrected chi connectivity index (χ2v) is 5.09. The van der Waals surface area contributed by atoms with E-state index in [-0.39, 0.29) is 0 Å². The van der Waals surface area contributed by atoms with Gasteiger partial charge in [-0.2, -0.15) is 0 Å². The van der Waals surface area contributed by atoms with Gasteiger partial charge in [0.25, 0.3) is 5.91 Å². The van der Waals surface area contributed by atoms with Gasteiger partial charge in [-0.1, -0.05) is 60.7 Å². The number of ether oxygens (including phenoxy) is 1. The van der Waals surface area contributed by atoms with Crippen LogP contribution in [0.3, 0.4) is 0 Å². The van der Waals surface area contributed by atoms with E-state index in [4.69, 9.17) is 4.74 Å². The molecule has 2 aromatic rings. The second-order valence-electron chi connectivity index (χ2n) is 5.09. The summed E-state index contributed by atoms with van der Waals surface area (Å²) in [6.07, 6.45) is 0. The molecule has 6 heteroatoms. The number of benzene rings is 2. The normalized spacial score (nSPS) is 10.1. The number of carbonyl (C=O) groups excluding carboxylic acids is 3. The van der Waals surface area contributed by atoms with Crippen LogP contribution in [0, 0.1) is 0 Å². The summed E-state index contributed by atoms with van der Waals surface area (Å²) in [5, 5.41) is 0. The predicted molar refractivity (Wildman–Crippen MR) is 87.6 cm³/mol. The van der Waals surface area contributed by atoms with E-state index in [9.17, 15) is 14.4 Å². The van der Waals surface area contributed by atoms with Crippen molar-refractivity contribution < 1.29 is 19.1 Å². The van der Waals surface area contributed by atoms with E-state index < -0.39 is 30.3 Å². The van der Waals surface area contributed by atoms with E-state index in [0.717, 1.165) is 11.1 Å². The number of nitrogens with one attached hydrogen (secondary N) is 2. The highest BCUT2D eigenvalue weighted by atomic mass is 16.5. The predicted octanol–water partition coefficient (Wildman–Crippen LogP) is 1.53. The molecule has 2 amide bonds. The lowest BCUT2D eigenvalue weighted by Gasteiger charge is -2.17. The van der Waals surface area contributed by atoms with Gasteiger partial charge >= 0.3 is 5.97 Å². The molecular weight excluding hydrogens is 308 g/mol. The van der Waals surface area contributed by atoms with E-state index in [1.807, 2.05) is 60.7 Å². The van der Waals surface area contributed by atoms with Crippen molar-refractivity contribution in [3.05, 3.63) is 71.8 Å². The molecule has 124 valence electrons. The number of hydrogen-bond acceptors (Lipinski definition) is 4. The third-order valence-electron chi connectivity index (χ3n) is 3.22. The highest BCUT2D eigenvalue weighted by Gasteiger charge is 2.24. The van der Waals surface area contributed by atoms with Crippen molar-refractivity contribution in [1.82, 2.24) is 10.9 Å². The highest BCUT2D eigenvalue weighted by molar-refractivity contribution is 5.86. The summed E-state index contributed by atoms with van der Waals surface area (Å²) in [6, 6.07) is 18.4. The number of hydrogen-bond donors (Lipinski definition) is 2. The Balaban J connectivity index is 2.09. The van der Waals surface area contributed by atoms with Gasteiger partial charge < -0.3 is 4.74 Å². The third-order valence-corrected chi connectivity index (χ3v) is 3.22. The molecular formula is C18H18N2O4. The fourth-order valence-corrected chi connectivity index (χ4v) is 2.17. The molecule has 0 saturated carbocycles. The summed E-state index contributed by atoms with van der Waals surface area (Å²) in [6.45, 7) is 0.780. The molecule has 0 unspecified atom stereocenters. The Morgan fingerprint density at radius 1 is 0.875 bits per heavy atom. The lowest BCUT2D eigenvalue weighted by molar-refractivity contribution is -0.149. The molecule has 0 aliphatic carbocycles. The van der Waals surface area contributed by atoms with Gasteiger partial charge in [-0.25, -0.2) is 0 Å². The molecule has 0 aliphatic rings. The Morgan fingerprint density at radius 3 is 1.83 bits per heavy atom. The number of carbonyl (C=O) groups is 3. The second kappa shape index (κ2) is 8.47. The van der Waals surface area contributed by atoms with Gasteiger partial charge in [0.15, 0.2) is 6.61 Å². The van der Waals surface area contributed by atoms with E-state index >= 15 is 0 Å². The fourth-order valence-electron chi connectivity index (χ4n) is 2.17. The molecule has 2 aromatic carbocycles. The topological polar surface area (TPSA) is 84.5 Å². The first-order valence-electron chi connectivity index (χ1n) is 7.40. The van der Waals surface area contributed by atoms with E-state index in [0.29, 0.717) is 0 Å². The zero-order valence-electron chi connectivity index (χ0n) is 13.2. The van der Waals surface area contributed by atoms with Crippen LogP contribution in [0.4, 0.5) is 0 Å². The molecule has 2 N–H and O–H groups in total. The summed E-state index contributed by atoms with van der Waals surface area (Å²) in [7, 11) is 0. The van der Waals surface area contributed by atoms with Crippen molar-refractivity contribution in [2.45, 2.75) is 12.8 Å². The minimum atomic E-state index is -0.624. The minimum absolute atomic E-state index is 0.416. The first-order valence-corrected chi connectivity index (χ1v) is 7.40. The summed E-state index contributed by atoms with van der Waals surface area (Å²) in [5.74, 6) is -2.19. The van der Waals surface area contributed by atoms with Crippen LogP contribution in [0.15, 0.2) is 60.7 Å². The van der Waals surface area contributed by atoms with Crippen molar-refractivity contribution in [1.29, 1.82) is 0 Å². The Labute approximate surface area is 139 Å². The monoisotopic (exact) mass is 326 g/mol. The van der Waals surface area contributed by atoms with Crippen LogP contribution in [-0.4, -0.2) is 24.4 Å². The molecule has 2 rings (SSSR count). The van der Waals surface area contributed by atoms with Crippen LogP contribution in [0.1, 0.15) is 24.0 Å². The molecule has 0 bridgehead atoms. The smallest absolute Gasteiger partial charge is 0.318 e. The summed E-state index contributed by atoms with van der Waals surface area (Å²) >= 11 is 0. The summed E-state index contributed by atoms with van der Waals surface area (Å²) < 4.78 is 5.10. The van der Waals surface area contributed by atoms with Gasteiger partial charge in [0.05, 0.1) is 0 Å². The molecule has 0 radical (unpaired) electrons. The SMILES string of the molecule is CC(=O)NNC(=O)COC(=O)C(c1ccccc1)c1ccccc1. The lowest BCUT2D eigenvalue weighted by Crippen LogP contribution is -2.42. The third kappa shape index (κ3) is 4.95. The van der Waals surface area contributed by atoms with Crippen LogP contribution in [-0.2, 0) is 19.1 Å². The Bertz CT molecular complexity index is 662. The summed E-state index contributed by atoms with van der Waals surface area (Å²) in [5.41, 5.74) is 5.82. The van der Waals surface area contributed by atoms with E-state index in [1.54, 1.807) is 0 Å². The zero-order valence-corrected chi connectivity index (χ0v) is 13.2. The number of amides is 2. The maximum absolute atomic E-state index is 12.5. The average Bonchev–Trinajstić information content (AvgIpc) is 2.60. The van der Waals surface area contributed by atoms with Crippen molar-refractivity contribution >= 4 is 17.8 Å². The molecule has 0 spiro atoms. The molecule has 24 heavy (non-hydrogen) atoms. The Morgan fingerprint density at radius 2 is 1.38 bits per heavy atom. The van der Waals surface area contributed by atoms with Gasteiger partial charge in [0.1, 0.15) is 5.92 Å². The first-order chi connectivity index (χ1) is 11.6. The molecule has 0 heterocycles. The van der Waals surface area contributed by atoms with Crippen molar-refractivity contribution in [2.24, 2.45) is 0 Å². The van der Waals surface area contributed by atoms with Crippen molar-refractivity contribution in [3.8, 4) is 0 Å². The molecule has 6 nitrogen and oxygen atoms in total. The van der Waals surface area contributed by atoms with Crippen LogP contribution >= 0.6 is 0 Å². The zero-order chi connectivity index (χ0) is 17.4. The number of rotatable bonds is 5. The fraction of sp³-hybridized carbons (Fsp3) is 0.167. The van der Waals surface area contributed by atoms with E-state index in [2.05, 4.69) is 10.9 Å². The highest BCUT2D eigenvalue weighted by Crippen LogP contribution is 2.25. The summed E-state index contributed by atoms with van der Waals surface area (Å²) in [4.78, 5) is 34.8. The molecule has 0 fully saturated rings. The van der Waals surface area contributed by atoms with Gasteiger partial charge in [0, 0.05) is 6.92 Å². The van der Waals surface area contributed by atoms with Gasteiger partial charge in [-0.3, -0.25) is 25.2 Å². The number of hydrazine groups is 1. The van der Waals surface area contributed by atoms with Crippen LogP contribution in [0.25, 0.3) is 0 Å². The number of esters is 1. The molecule has 0 aromatic heterocycles. The largest absolute Gasteiger partial charge is 0.455 e. The van der Waals surface area contributed by atoms with Gasteiger partial charge in [-0.15, -0.1) is 0 Å². The van der Waals surface area contributed by atoms with E-state index in [1.165, 1.54) is 6.92 Å². The Hall–Kier alpha value is -3.15. The average molecular weight is 326 g/mol. The quantitative estimate of drug-likeness (QED) is 0.645. The molecule has 0 atom stereocenters. The molecule has 0 aliphatic heterocycles. The van der Waals surface area contributed by atoms with Crippen molar-refractivity contribution in [2.75, 3.05) is 6.61 Å². The van der Waals surface area contributed by atoms with Crippen LogP contribution < -0.4 is 10.9 Å². The maximum Gasteiger partial charge on any atom is 0.318 e.